The van der Waals surface area contributed by atoms with Gasteiger partial charge in [0.05, 0.1) is 12.5 Å². The van der Waals surface area contributed by atoms with Gasteiger partial charge in [0.2, 0.25) is 0 Å². The summed E-state index contributed by atoms with van der Waals surface area (Å²) in [7, 11) is 1.50. The molecular formula is C26H22FN5O. The largest absolute Gasteiger partial charge is 0.467 e. The van der Waals surface area contributed by atoms with E-state index < -0.39 is 5.82 Å². The van der Waals surface area contributed by atoms with Crippen molar-refractivity contribution in [1.29, 1.82) is 0 Å². The van der Waals surface area contributed by atoms with Crippen molar-refractivity contribution >= 4 is 27.5 Å². The zero-order valence-electron chi connectivity index (χ0n) is 18.2. The average molecular weight is 439 g/mol. The van der Waals surface area contributed by atoms with Crippen LogP contribution in [0.1, 0.15) is 5.56 Å². The number of nitrogens with zero attached hydrogens (tertiary/aromatic N) is 4. The minimum Gasteiger partial charge on any atom is -0.467 e. The maximum atomic E-state index is 16.0. The molecule has 2 saturated heterocycles. The third-order valence-corrected chi connectivity index (χ3v) is 6.83. The molecule has 2 aliphatic heterocycles. The maximum absolute atomic E-state index is 16.0. The van der Waals surface area contributed by atoms with E-state index in [9.17, 15) is 0 Å². The molecule has 4 aromatic rings. The molecule has 0 saturated carbocycles. The Morgan fingerprint density at radius 3 is 2.61 bits per heavy atom. The molecule has 2 unspecified atom stereocenters. The maximum Gasteiger partial charge on any atom is 0.318 e. The number of halogens is 1. The van der Waals surface area contributed by atoms with E-state index in [0.717, 1.165) is 37.0 Å². The summed E-state index contributed by atoms with van der Waals surface area (Å²) in [5, 5.41) is 5.76. The molecule has 6 nitrogen and oxygen atoms in total. The Labute approximate surface area is 190 Å². The molecule has 0 aliphatic carbocycles. The molecule has 7 heteroatoms. The van der Waals surface area contributed by atoms with Gasteiger partial charge < -0.3 is 15.0 Å². The number of nitrogens with one attached hydrogen (secondary N) is 1. The average Bonchev–Trinajstić information content (AvgIpc) is 3.46. The Bertz CT molecular complexity index is 1430. The van der Waals surface area contributed by atoms with Gasteiger partial charge in [0.1, 0.15) is 17.0 Å². The van der Waals surface area contributed by atoms with Crippen LogP contribution in [-0.4, -0.2) is 48.2 Å². The molecule has 1 N–H and O–H groups in total. The number of hydrogen-bond acceptors (Lipinski definition) is 6. The van der Waals surface area contributed by atoms with Gasteiger partial charge >= 0.3 is 6.01 Å². The second-order valence-electron chi connectivity index (χ2n) is 8.65. The number of anilines is 1. The van der Waals surface area contributed by atoms with E-state index in [2.05, 4.69) is 31.1 Å². The smallest absolute Gasteiger partial charge is 0.318 e. The van der Waals surface area contributed by atoms with Gasteiger partial charge in [-0.15, -0.1) is 6.42 Å². The fourth-order valence-electron chi connectivity index (χ4n) is 5.23. The molecule has 4 heterocycles. The minimum atomic E-state index is -0.505. The Kier molecular flexibility index (Phi) is 4.63. The molecule has 0 radical (unpaired) electrons. The van der Waals surface area contributed by atoms with Crippen molar-refractivity contribution in [3.8, 4) is 29.6 Å². The number of aromatic nitrogens is 3. The highest BCUT2D eigenvalue weighted by molar-refractivity contribution is 6.02. The van der Waals surface area contributed by atoms with Gasteiger partial charge in [-0.2, -0.15) is 9.97 Å². The molecule has 0 amide bonds. The highest BCUT2D eigenvalue weighted by Gasteiger charge is 2.37. The molecule has 2 aromatic carbocycles. The predicted octanol–water partition coefficient (Wildman–Crippen LogP) is 3.63. The van der Waals surface area contributed by atoms with Crippen LogP contribution in [0.4, 0.5) is 10.2 Å². The fraction of sp³-hybridized carbons (Fsp3) is 0.269. The van der Waals surface area contributed by atoms with E-state index in [-0.39, 0.29) is 17.2 Å². The molecule has 2 aliphatic rings. The molecule has 2 atom stereocenters. The normalized spacial score (nSPS) is 19.7. The minimum absolute atomic E-state index is 0.144. The summed E-state index contributed by atoms with van der Waals surface area (Å²) in [6.07, 6.45) is 7.42. The van der Waals surface area contributed by atoms with Gasteiger partial charge in [0.15, 0.2) is 5.82 Å². The van der Waals surface area contributed by atoms with Crippen LogP contribution >= 0.6 is 0 Å². The second kappa shape index (κ2) is 7.68. The zero-order valence-corrected chi connectivity index (χ0v) is 18.2. The number of pyridine rings is 1. The lowest BCUT2D eigenvalue weighted by Gasteiger charge is -2.21. The first kappa shape index (κ1) is 19.9. The summed E-state index contributed by atoms with van der Waals surface area (Å²) >= 11 is 0. The van der Waals surface area contributed by atoms with Crippen molar-refractivity contribution in [1.82, 2.24) is 20.3 Å². The SMILES string of the molecule is C#Cc1cccc2cccc(-c3ncc4c(N5CC6CNCC6C5)nc(OC)nc4c3F)c12. The summed E-state index contributed by atoms with van der Waals surface area (Å²) in [5.74, 6) is 4.01. The summed E-state index contributed by atoms with van der Waals surface area (Å²) < 4.78 is 21.4. The van der Waals surface area contributed by atoms with E-state index in [1.165, 1.54) is 7.11 Å². The first-order chi connectivity index (χ1) is 16.2. The van der Waals surface area contributed by atoms with Gasteiger partial charge in [-0.3, -0.25) is 4.98 Å². The van der Waals surface area contributed by atoms with E-state index in [0.29, 0.717) is 34.2 Å². The van der Waals surface area contributed by atoms with Crippen LogP contribution in [0.2, 0.25) is 0 Å². The van der Waals surface area contributed by atoms with Gasteiger partial charge in [-0.1, -0.05) is 36.3 Å². The molecule has 0 spiro atoms. The Hall–Kier alpha value is -3.76. The first-order valence-corrected chi connectivity index (χ1v) is 11.0. The molecule has 0 bridgehead atoms. The van der Waals surface area contributed by atoms with Crippen LogP contribution in [0.5, 0.6) is 6.01 Å². The van der Waals surface area contributed by atoms with Crippen LogP contribution in [0, 0.1) is 30.0 Å². The quantitative estimate of drug-likeness (QED) is 0.492. The van der Waals surface area contributed by atoms with Crippen LogP contribution in [0.3, 0.4) is 0 Å². The first-order valence-electron chi connectivity index (χ1n) is 11.0. The second-order valence-corrected chi connectivity index (χ2v) is 8.65. The van der Waals surface area contributed by atoms with Gasteiger partial charge in [-0.25, -0.2) is 4.39 Å². The van der Waals surface area contributed by atoms with Crippen LogP contribution in [0.15, 0.2) is 42.6 Å². The Balaban J connectivity index is 1.55. The third-order valence-electron chi connectivity index (χ3n) is 6.83. The van der Waals surface area contributed by atoms with Crippen LogP contribution in [-0.2, 0) is 0 Å². The summed E-state index contributed by atoms with van der Waals surface area (Å²) in [4.78, 5) is 15.7. The van der Waals surface area contributed by atoms with Crippen molar-refractivity contribution < 1.29 is 9.13 Å². The topological polar surface area (TPSA) is 63.2 Å². The predicted molar refractivity (Wildman–Crippen MR) is 127 cm³/mol. The summed E-state index contributed by atoms with van der Waals surface area (Å²) in [5.41, 5.74) is 1.75. The number of ether oxygens (including phenoxy) is 1. The van der Waals surface area contributed by atoms with Crippen LogP contribution in [0.25, 0.3) is 32.9 Å². The van der Waals surface area contributed by atoms with Crippen molar-refractivity contribution in [2.45, 2.75) is 0 Å². The number of methoxy groups -OCH3 is 1. The lowest BCUT2D eigenvalue weighted by molar-refractivity contribution is 0.381. The van der Waals surface area contributed by atoms with Crippen LogP contribution < -0.4 is 15.0 Å². The Morgan fingerprint density at radius 1 is 1.12 bits per heavy atom. The van der Waals surface area contributed by atoms with Crippen molar-refractivity contribution in [2.75, 3.05) is 38.2 Å². The highest BCUT2D eigenvalue weighted by atomic mass is 19.1. The van der Waals surface area contributed by atoms with E-state index in [1.807, 2.05) is 36.4 Å². The number of hydrogen-bond donors (Lipinski definition) is 1. The molecule has 2 fully saturated rings. The fourth-order valence-corrected chi connectivity index (χ4v) is 5.23. The number of benzene rings is 2. The van der Waals surface area contributed by atoms with Crippen molar-refractivity contribution in [2.24, 2.45) is 11.8 Å². The standard InChI is InChI=1S/C26H22FN5O/c1-3-15-6-4-7-16-8-5-9-19(21(15)16)23-22(27)24-20(12-29-23)25(31-26(30-24)33-2)32-13-17-10-28-11-18(17)14-32/h1,4-9,12,17-18,28H,10-11,13-14H2,2H3. The monoisotopic (exact) mass is 439 g/mol. The number of terminal acetylenes is 1. The van der Waals surface area contributed by atoms with E-state index in [4.69, 9.17) is 11.2 Å². The Morgan fingerprint density at radius 2 is 1.88 bits per heavy atom. The van der Waals surface area contributed by atoms with E-state index in [1.54, 1.807) is 6.20 Å². The molecular weight excluding hydrogens is 417 g/mol. The summed E-state index contributed by atoms with van der Waals surface area (Å²) in [6, 6.07) is 11.5. The van der Waals surface area contributed by atoms with Gasteiger partial charge in [-0.05, 0) is 23.3 Å². The highest BCUT2D eigenvalue weighted by Crippen LogP contribution is 2.38. The van der Waals surface area contributed by atoms with Gasteiger partial charge in [0.25, 0.3) is 0 Å². The molecule has 33 heavy (non-hydrogen) atoms. The lowest BCUT2D eigenvalue weighted by Crippen LogP contribution is -2.26. The zero-order chi connectivity index (χ0) is 22.5. The summed E-state index contributed by atoms with van der Waals surface area (Å²) in [6.45, 7) is 3.73. The number of fused-ring (bicyclic) bond motifs is 3. The molecule has 164 valence electrons. The third kappa shape index (κ3) is 3.10. The van der Waals surface area contributed by atoms with E-state index >= 15 is 4.39 Å². The lowest BCUT2D eigenvalue weighted by atomic mass is 9.97. The molecule has 2 aromatic heterocycles. The van der Waals surface area contributed by atoms with Crippen molar-refractivity contribution in [3.05, 3.63) is 54.0 Å². The molecule has 6 rings (SSSR count). The number of rotatable bonds is 3. The van der Waals surface area contributed by atoms with Crippen molar-refractivity contribution in [3.63, 3.8) is 0 Å². The van der Waals surface area contributed by atoms with Gasteiger partial charge in [0, 0.05) is 48.9 Å².